The van der Waals surface area contributed by atoms with Gasteiger partial charge in [-0.3, -0.25) is 4.79 Å². The fourth-order valence-electron chi connectivity index (χ4n) is 4.09. The van der Waals surface area contributed by atoms with Gasteiger partial charge in [-0.05, 0) is 42.0 Å². The fraction of sp³-hybridized carbons (Fsp3) is 0.320. The quantitative estimate of drug-likeness (QED) is 0.483. The SMILES string of the molecule is O=C(NCCOc1cccc2ccccc12)[C@@H]1CCCN(S(=O)(=O)Cc2ccc(Cl)cc2)C1. The van der Waals surface area contributed by atoms with Crippen molar-refractivity contribution in [2.45, 2.75) is 18.6 Å². The summed E-state index contributed by atoms with van der Waals surface area (Å²) in [6, 6.07) is 20.6. The number of ether oxygens (including phenoxy) is 1. The second-order valence-corrected chi connectivity index (χ2v) is 10.6. The Morgan fingerprint density at radius 1 is 1.06 bits per heavy atom. The lowest BCUT2D eigenvalue weighted by Gasteiger charge is -2.31. The average molecular weight is 487 g/mol. The number of carbonyl (C=O) groups is 1. The summed E-state index contributed by atoms with van der Waals surface area (Å²) in [6.45, 7) is 1.33. The minimum atomic E-state index is -3.51. The van der Waals surface area contributed by atoms with Crippen molar-refractivity contribution >= 4 is 38.3 Å². The first-order chi connectivity index (χ1) is 15.9. The van der Waals surface area contributed by atoms with Gasteiger partial charge in [0.2, 0.25) is 15.9 Å². The Labute approximate surface area is 199 Å². The highest BCUT2D eigenvalue weighted by atomic mass is 35.5. The van der Waals surface area contributed by atoms with E-state index in [-0.39, 0.29) is 24.1 Å². The molecule has 174 valence electrons. The van der Waals surface area contributed by atoms with Gasteiger partial charge >= 0.3 is 0 Å². The number of hydrogen-bond acceptors (Lipinski definition) is 4. The maximum Gasteiger partial charge on any atom is 0.224 e. The number of nitrogens with one attached hydrogen (secondary N) is 1. The van der Waals surface area contributed by atoms with Crippen molar-refractivity contribution in [1.82, 2.24) is 9.62 Å². The maximum absolute atomic E-state index is 12.9. The van der Waals surface area contributed by atoms with Gasteiger partial charge in [-0.15, -0.1) is 0 Å². The van der Waals surface area contributed by atoms with Crippen LogP contribution in [-0.2, 0) is 20.6 Å². The molecule has 0 unspecified atom stereocenters. The van der Waals surface area contributed by atoms with Gasteiger partial charge in [0.15, 0.2) is 0 Å². The molecule has 3 aromatic carbocycles. The second-order valence-electron chi connectivity index (χ2n) is 8.20. The van der Waals surface area contributed by atoms with Crippen LogP contribution in [0.4, 0.5) is 0 Å². The Morgan fingerprint density at radius 3 is 2.64 bits per heavy atom. The lowest BCUT2D eigenvalue weighted by Crippen LogP contribution is -2.46. The van der Waals surface area contributed by atoms with Gasteiger partial charge in [-0.2, -0.15) is 0 Å². The van der Waals surface area contributed by atoms with E-state index in [4.69, 9.17) is 16.3 Å². The van der Waals surface area contributed by atoms with Crippen molar-refractivity contribution in [2.75, 3.05) is 26.2 Å². The summed E-state index contributed by atoms with van der Waals surface area (Å²) in [6.07, 6.45) is 1.33. The predicted molar refractivity (Wildman–Crippen MR) is 131 cm³/mol. The fourth-order valence-corrected chi connectivity index (χ4v) is 5.83. The number of carbonyl (C=O) groups excluding carboxylic acids is 1. The first-order valence-electron chi connectivity index (χ1n) is 11.0. The third-order valence-electron chi connectivity index (χ3n) is 5.82. The molecule has 6 nitrogen and oxygen atoms in total. The molecular formula is C25H27ClN2O4S. The smallest absolute Gasteiger partial charge is 0.224 e. The van der Waals surface area contributed by atoms with Crippen LogP contribution in [0.5, 0.6) is 5.75 Å². The molecule has 0 aromatic heterocycles. The Balaban J connectivity index is 1.28. The molecular weight excluding hydrogens is 460 g/mol. The number of nitrogens with zero attached hydrogens (tertiary/aromatic N) is 1. The lowest BCUT2D eigenvalue weighted by molar-refractivity contribution is -0.126. The van der Waals surface area contributed by atoms with Crippen LogP contribution in [0.25, 0.3) is 10.8 Å². The summed E-state index contributed by atoms with van der Waals surface area (Å²) >= 11 is 5.88. The van der Waals surface area contributed by atoms with Crippen molar-refractivity contribution in [3.63, 3.8) is 0 Å². The molecule has 1 atom stereocenters. The third kappa shape index (κ3) is 6.05. The van der Waals surface area contributed by atoms with Crippen LogP contribution in [0.3, 0.4) is 0 Å². The molecule has 0 saturated carbocycles. The van der Waals surface area contributed by atoms with Gasteiger partial charge in [-0.25, -0.2) is 12.7 Å². The van der Waals surface area contributed by atoms with Gasteiger partial charge in [0.05, 0.1) is 18.2 Å². The third-order valence-corrected chi connectivity index (χ3v) is 7.89. The molecule has 0 aliphatic carbocycles. The lowest BCUT2D eigenvalue weighted by atomic mass is 9.99. The molecule has 1 saturated heterocycles. The highest BCUT2D eigenvalue weighted by molar-refractivity contribution is 7.88. The van der Waals surface area contributed by atoms with E-state index in [0.717, 1.165) is 16.5 Å². The minimum Gasteiger partial charge on any atom is -0.491 e. The van der Waals surface area contributed by atoms with Crippen LogP contribution < -0.4 is 10.1 Å². The van der Waals surface area contributed by atoms with Crippen LogP contribution in [0.15, 0.2) is 66.7 Å². The highest BCUT2D eigenvalue weighted by Crippen LogP contribution is 2.25. The first-order valence-corrected chi connectivity index (χ1v) is 13.0. The van der Waals surface area contributed by atoms with Crippen LogP contribution in [0.2, 0.25) is 5.02 Å². The van der Waals surface area contributed by atoms with Crippen LogP contribution >= 0.6 is 11.6 Å². The van der Waals surface area contributed by atoms with Crippen LogP contribution in [-0.4, -0.2) is 44.9 Å². The van der Waals surface area contributed by atoms with Gasteiger partial charge < -0.3 is 10.1 Å². The van der Waals surface area contributed by atoms with Crippen molar-refractivity contribution < 1.29 is 17.9 Å². The summed E-state index contributed by atoms with van der Waals surface area (Å²) in [5.41, 5.74) is 0.677. The number of amides is 1. The molecule has 33 heavy (non-hydrogen) atoms. The van der Waals surface area contributed by atoms with Crippen LogP contribution in [0, 0.1) is 5.92 Å². The highest BCUT2D eigenvalue weighted by Gasteiger charge is 2.32. The normalized spacial score (nSPS) is 17.1. The Bertz CT molecular complexity index is 1210. The van der Waals surface area contributed by atoms with E-state index < -0.39 is 10.0 Å². The summed E-state index contributed by atoms with van der Waals surface area (Å²) in [5, 5.41) is 5.59. The summed E-state index contributed by atoms with van der Waals surface area (Å²) in [7, 11) is -3.51. The standard InChI is InChI=1S/C25H27ClN2O4S/c26-22-12-10-19(11-13-22)18-33(30,31)28-15-4-7-21(17-28)25(29)27-14-16-32-24-9-3-6-20-5-1-2-8-23(20)24/h1-3,5-6,8-13,21H,4,7,14-18H2,(H,27,29)/t21-/m1/s1. The zero-order valence-corrected chi connectivity index (χ0v) is 19.8. The molecule has 0 bridgehead atoms. The number of fused-ring (bicyclic) bond motifs is 1. The number of piperidine rings is 1. The zero-order valence-electron chi connectivity index (χ0n) is 18.2. The van der Waals surface area contributed by atoms with Crippen molar-refractivity contribution in [3.05, 3.63) is 77.3 Å². The molecule has 1 fully saturated rings. The van der Waals surface area contributed by atoms with Gasteiger partial charge in [0.25, 0.3) is 0 Å². The molecule has 0 spiro atoms. The molecule has 1 aliphatic heterocycles. The average Bonchev–Trinajstić information content (AvgIpc) is 2.83. The van der Waals surface area contributed by atoms with E-state index in [9.17, 15) is 13.2 Å². The van der Waals surface area contributed by atoms with E-state index in [1.807, 2.05) is 42.5 Å². The number of benzene rings is 3. The van der Waals surface area contributed by atoms with Crippen molar-refractivity contribution in [2.24, 2.45) is 5.92 Å². The molecule has 3 aromatic rings. The maximum atomic E-state index is 12.9. The predicted octanol–water partition coefficient (Wildman–Crippen LogP) is 4.23. The number of halogens is 1. The minimum absolute atomic E-state index is 0.0998. The number of sulfonamides is 1. The van der Waals surface area contributed by atoms with E-state index in [1.54, 1.807) is 24.3 Å². The number of hydrogen-bond donors (Lipinski definition) is 1. The second kappa shape index (κ2) is 10.5. The zero-order chi connectivity index (χ0) is 23.3. The van der Waals surface area contributed by atoms with E-state index >= 15 is 0 Å². The van der Waals surface area contributed by atoms with E-state index in [0.29, 0.717) is 43.1 Å². The van der Waals surface area contributed by atoms with Crippen molar-refractivity contribution in [1.29, 1.82) is 0 Å². The summed E-state index contributed by atoms with van der Waals surface area (Å²) in [5.74, 6) is 0.177. The van der Waals surface area contributed by atoms with Crippen molar-refractivity contribution in [3.8, 4) is 5.75 Å². The summed E-state index contributed by atoms with van der Waals surface area (Å²) < 4.78 is 33.1. The molecule has 8 heteroatoms. The molecule has 0 radical (unpaired) electrons. The Kier molecular flexibility index (Phi) is 7.53. The topological polar surface area (TPSA) is 75.7 Å². The van der Waals surface area contributed by atoms with E-state index in [2.05, 4.69) is 5.32 Å². The molecule has 1 aliphatic rings. The number of rotatable bonds is 8. The monoisotopic (exact) mass is 486 g/mol. The Morgan fingerprint density at radius 2 is 1.82 bits per heavy atom. The molecule has 1 heterocycles. The van der Waals surface area contributed by atoms with Gasteiger partial charge in [-0.1, -0.05) is 60.1 Å². The van der Waals surface area contributed by atoms with Crippen LogP contribution in [0.1, 0.15) is 18.4 Å². The molecule has 4 rings (SSSR count). The molecule has 1 N–H and O–H groups in total. The molecule has 1 amide bonds. The van der Waals surface area contributed by atoms with E-state index in [1.165, 1.54) is 4.31 Å². The van der Waals surface area contributed by atoms with Gasteiger partial charge in [0.1, 0.15) is 12.4 Å². The summed E-state index contributed by atoms with van der Waals surface area (Å²) in [4.78, 5) is 12.7. The Hall–Kier alpha value is -2.61. The van der Waals surface area contributed by atoms with Gasteiger partial charge in [0, 0.05) is 23.5 Å². The largest absolute Gasteiger partial charge is 0.491 e. The first kappa shape index (κ1) is 23.5.